The first kappa shape index (κ1) is 56.5. The van der Waals surface area contributed by atoms with E-state index in [4.69, 9.17) is 0 Å². The molecule has 0 atom stereocenters. The number of aryl methyl sites for hydroxylation is 1. The number of carbonyl (C=O) groups is 5. The Hall–Kier alpha value is -4.56. The molecule has 0 spiro atoms. The maximum Gasteiger partial charge on any atom is 0.269 e. The molecule has 59 heavy (non-hydrogen) atoms. The highest BCUT2D eigenvalue weighted by molar-refractivity contribution is 7.91. The lowest BCUT2D eigenvalue weighted by atomic mass is 10.2. The standard InChI is InChI=1S/C11H15NO3S.C7H13NO3S.C5H9N5O.2C5H11NO3S/c1-8(2)11(13)12-16(14,15)10-6-4-9(3)5-7-10;1-5(2)7(9)8-12(10,11)6-3-4-6;1-3(2)4(11)6-5-7-9-10-8-5;2*1-4(2)5(7)6-10(3,8)9/h4-8H,1-3H3,(H,12,13);5-6H,3-4H2,1-2H3,(H,8,9);3H,1-2H3,(H2,6,7,8,9,10,11);2*4H,1-3H3,(H,6,7). The van der Waals surface area contributed by atoms with Gasteiger partial charge in [-0.25, -0.2) is 38.4 Å². The number of aromatic amines is 1. The van der Waals surface area contributed by atoms with Crippen molar-refractivity contribution in [2.24, 2.45) is 29.6 Å². The second kappa shape index (κ2) is 25.2. The summed E-state index contributed by atoms with van der Waals surface area (Å²) >= 11 is 0. The molecule has 1 heterocycles. The molecule has 0 bridgehead atoms. The van der Waals surface area contributed by atoms with Gasteiger partial charge in [-0.1, -0.05) is 92.0 Å². The Bertz CT molecular complexity index is 2070. The second-order valence-corrected chi connectivity index (χ2v) is 21.6. The van der Waals surface area contributed by atoms with E-state index in [1.54, 1.807) is 81.4 Å². The maximum absolute atomic E-state index is 11.7. The summed E-state index contributed by atoms with van der Waals surface area (Å²) in [6.45, 7) is 18.5. The molecule has 26 heteroatoms. The zero-order chi connectivity index (χ0) is 46.7. The molecule has 1 fully saturated rings. The highest BCUT2D eigenvalue weighted by atomic mass is 32.2. The third-order valence-electron chi connectivity index (χ3n) is 6.55. The summed E-state index contributed by atoms with van der Waals surface area (Å²) in [7, 11) is -13.8. The Morgan fingerprint density at radius 1 is 0.576 bits per heavy atom. The van der Waals surface area contributed by atoms with Gasteiger partial charge in [0.25, 0.3) is 16.0 Å². The van der Waals surface area contributed by atoms with E-state index in [0.29, 0.717) is 12.8 Å². The lowest BCUT2D eigenvalue weighted by molar-refractivity contribution is -0.123. The van der Waals surface area contributed by atoms with Crippen molar-refractivity contribution in [2.75, 3.05) is 17.8 Å². The van der Waals surface area contributed by atoms with Crippen molar-refractivity contribution in [3.8, 4) is 0 Å². The van der Waals surface area contributed by atoms with Gasteiger partial charge in [-0.05, 0) is 37.1 Å². The molecular weight excluding hydrogens is 859 g/mol. The lowest BCUT2D eigenvalue weighted by Gasteiger charge is -2.08. The molecule has 1 aromatic carbocycles. The average Bonchev–Trinajstić information content (AvgIpc) is 3.82. The van der Waals surface area contributed by atoms with Crippen LogP contribution in [0.25, 0.3) is 0 Å². The van der Waals surface area contributed by atoms with Gasteiger partial charge in [-0.15, -0.1) is 5.10 Å². The Balaban J connectivity index is 0. The summed E-state index contributed by atoms with van der Waals surface area (Å²) in [5.74, 6) is -3.07. The van der Waals surface area contributed by atoms with E-state index in [9.17, 15) is 57.6 Å². The molecule has 22 nitrogen and oxygen atoms in total. The quantitative estimate of drug-likeness (QED) is 0.173. The number of amides is 5. The van der Waals surface area contributed by atoms with Crippen LogP contribution in [-0.4, -0.2) is 102 Å². The molecule has 3 rings (SSSR count). The van der Waals surface area contributed by atoms with Crippen LogP contribution >= 0.6 is 0 Å². The number of carbonyl (C=O) groups excluding carboxylic acids is 5. The van der Waals surface area contributed by atoms with Gasteiger partial charge in [-0.2, -0.15) is 5.21 Å². The van der Waals surface area contributed by atoms with E-state index in [1.165, 1.54) is 12.1 Å². The molecule has 5 amide bonds. The molecule has 6 N–H and O–H groups in total. The lowest BCUT2D eigenvalue weighted by Crippen LogP contribution is -2.35. The van der Waals surface area contributed by atoms with Crippen molar-refractivity contribution in [3.05, 3.63) is 29.8 Å². The summed E-state index contributed by atoms with van der Waals surface area (Å²) in [5, 5.41) is 14.8. The highest BCUT2D eigenvalue weighted by Gasteiger charge is 2.37. The number of hydrogen-bond acceptors (Lipinski definition) is 16. The van der Waals surface area contributed by atoms with Gasteiger partial charge in [0.15, 0.2) is 0 Å². The first-order valence-corrected chi connectivity index (χ1v) is 24.7. The number of H-pyrrole nitrogens is 1. The van der Waals surface area contributed by atoms with Crippen LogP contribution in [0, 0.1) is 36.5 Å². The summed E-state index contributed by atoms with van der Waals surface area (Å²) in [6, 6.07) is 6.33. The second-order valence-electron chi connectivity index (χ2n) is 14.5. The van der Waals surface area contributed by atoms with E-state index in [2.05, 4.69) is 30.7 Å². The number of tetrazole rings is 1. The normalized spacial score (nSPS) is 12.6. The average molecular weight is 918 g/mol. The van der Waals surface area contributed by atoms with Gasteiger partial charge in [0.1, 0.15) is 0 Å². The van der Waals surface area contributed by atoms with Crippen LogP contribution in [0.15, 0.2) is 29.2 Å². The minimum Gasteiger partial charge on any atom is -0.292 e. The number of nitrogens with one attached hydrogen (secondary N) is 6. The summed E-state index contributed by atoms with van der Waals surface area (Å²) < 4.78 is 95.2. The predicted octanol–water partition coefficient (Wildman–Crippen LogP) is 0.937. The van der Waals surface area contributed by atoms with Gasteiger partial charge < -0.3 is 0 Å². The molecule has 2 aromatic rings. The van der Waals surface area contributed by atoms with Crippen LogP contribution in [0.1, 0.15) is 87.6 Å². The molecule has 338 valence electrons. The molecule has 0 aliphatic heterocycles. The van der Waals surface area contributed by atoms with Gasteiger partial charge in [0.05, 0.1) is 22.7 Å². The highest BCUT2D eigenvalue weighted by Crippen LogP contribution is 2.27. The monoisotopic (exact) mass is 917 g/mol. The fourth-order valence-corrected chi connectivity index (χ4v) is 6.57. The minimum atomic E-state index is -3.72. The van der Waals surface area contributed by atoms with Gasteiger partial charge >= 0.3 is 0 Å². The fourth-order valence-electron chi connectivity index (χ4n) is 2.82. The Morgan fingerprint density at radius 2 is 0.932 bits per heavy atom. The third kappa shape index (κ3) is 27.7. The number of benzene rings is 1. The molecule has 1 aromatic heterocycles. The summed E-state index contributed by atoms with van der Waals surface area (Å²) in [6.07, 6.45) is 3.27. The third-order valence-corrected chi connectivity index (χ3v) is 10.9. The van der Waals surface area contributed by atoms with Gasteiger partial charge in [-0.3, -0.25) is 43.5 Å². The summed E-state index contributed by atoms with van der Waals surface area (Å²) in [5.41, 5.74) is 0.967. The smallest absolute Gasteiger partial charge is 0.269 e. The molecule has 1 saturated carbocycles. The fraction of sp³-hybridized carbons (Fsp3) is 0.636. The first-order valence-electron chi connectivity index (χ1n) is 17.9. The van der Waals surface area contributed by atoms with Gasteiger partial charge in [0, 0.05) is 29.6 Å². The Kier molecular flexibility index (Phi) is 24.1. The first-order chi connectivity index (χ1) is 26.6. The van der Waals surface area contributed by atoms with Gasteiger partial charge in [0.2, 0.25) is 59.6 Å². The molecule has 0 radical (unpaired) electrons. The minimum absolute atomic E-state index is 0.0755. The zero-order valence-electron chi connectivity index (χ0n) is 35.5. The van der Waals surface area contributed by atoms with E-state index in [1.807, 2.05) is 21.1 Å². The Labute approximate surface area is 347 Å². The van der Waals surface area contributed by atoms with Crippen molar-refractivity contribution in [2.45, 2.75) is 99.1 Å². The van der Waals surface area contributed by atoms with Crippen molar-refractivity contribution in [1.29, 1.82) is 0 Å². The van der Waals surface area contributed by atoms with Crippen molar-refractivity contribution < 1.29 is 57.6 Å². The van der Waals surface area contributed by atoms with Crippen LogP contribution < -0.4 is 24.2 Å². The summed E-state index contributed by atoms with van der Waals surface area (Å²) in [4.78, 5) is 54.7. The van der Waals surface area contributed by atoms with E-state index < -0.39 is 63.7 Å². The topological polar surface area (TPSA) is 337 Å². The Morgan fingerprint density at radius 3 is 1.22 bits per heavy atom. The van der Waals surface area contributed by atoms with Crippen molar-refractivity contribution >= 4 is 75.6 Å². The zero-order valence-corrected chi connectivity index (χ0v) is 38.7. The molecule has 0 unspecified atom stereocenters. The SMILES string of the molecule is CC(C)C(=O)NS(=O)(=O)C1CC1.CC(C)C(=O)NS(C)(=O)=O.CC(C)C(=O)NS(C)(=O)=O.CC(C)C(=O)Nc1nn[nH]n1.Cc1ccc(S(=O)(=O)NC(=O)C(C)C)cc1. The van der Waals surface area contributed by atoms with Crippen molar-refractivity contribution in [3.63, 3.8) is 0 Å². The molecule has 0 saturated heterocycles. The van der Waals surface area contributed by atoms with E-state index in [-0.39, 0.29) is 51.6 Å². The van der Waals surface area contributed by atoms with E-state index >= 15 is 0 Å². The number of anilines is 1. The predicted molar refractivity (Wildman–Crippen MR) is 220 cm³/mol. The van der Waals surface area contributed by atoms with Crippen LogP contribution in [0.5, 0.6) is 0 Å². The van der Waals surface area contributed by atoms with Crippen LogP contribution in [0.4, 0.5) is 5.95 Å². The maximum atomic E-state index is 11.7. The molecule has 1 aliphatic carbocycles. The van der Waals surface area contributed by atoms with Crippen LogP contribution in [-0.2, 0) is 64.1 Å². The number of sulfonamides is 4. The number of nitrogens with zero attached hydrogens (tertiary/aromatic N) is 3. The van der Waals surface area contributed by atoms with Crippen LogP contribution in [0.2, 0.25) is 0 Å². The van der Waals surface area contributed by atoms with Crippen molar-refractivity contribution in [1.82, 2.24) is 39.5 Å². The molecule has 1 aliphatic rings. The molecular formula is C33H59N9O13S4. The van der Waals surface area contributed by atoms with Crippen LogP contribution in [0.3, 0.4) is 0 Å². The number of aromatic nitrogens is 4. The largest absolute Gasteiger partial charge is 0.292 e. The number of hydrogen-bond donors (Lipinski definition) is 6. The van der Waals surface area contributed by atoms with E-state index in [0.717, 1.165) is 18.1 Å². The number of rotatable bonds is 12.